The van der Waals surface area contributed by atoms with Crippen LogP contribution in [0, 0.1) is 22.9 Å². The van der Waals surface area contributed by atoms with Crippen LogP contribution in [0.3, 0.4) is 0 Å². The molecule has 0 radical (unpaired) electrons. The molecule has 0 spiro atoms. The van der Waals surface area contributed by atoms with Gasteiger partial charge in [-0.05, 0) is 36.9 Å². The van der Waals surface area contributed by atoms with Crippen molar-refractivity contribution in [3.8, 4) is 0 Å². The van der Waals surface area contributed by atoms with Gasteiger partial charge in [-0.2, -0.15) is 0 Å². The molecule has 1 unspecified atom stereocenters. The van der Waals surface area contributed by atoms with Crippen LogP contribution >= 0.6 is 12.4 Å². The monoisotopic (exact) mass is 372 g/mol. The summed E-state index contributed by atoms with van der Waals surface area (Å²) in [6, 6.07) is 1.19. The van der Waals surface area contributed by atoms with Crippen LogP contribution in [0.4, 0.5) is 13.2 Å². The van der Waals surface area contributed by atoms with Crippen LogP contribution in [0.15, 0.2) is 17.0 Å². The topological polar surface area (TPSA) is 58.2 Å². The average Bonchev–Trinajstić information content (AvgIpc) is 2.43. The van der Waals surface area contributed by atoms with Crippen LogP contribution in [0.2, 0.25) is 0 Å². The Balaban J connectivity index is 0.00000264. The molecule has 1 fully saturated rings. The van der Waals surface area contributed by atoms with Crippen molar-refractivity contribution < 1.29 is 21.6 Å². The van der Waals surface area contributed by atoms with Gasteiger partial charge in [0, 0.05) is 12.6 Å². The Hall–Kier alpha value is -0.830. The number of hydrogen-bond acceptors (Lipinski definition) is 3. The summed E-state index contributed by atoms with van der Waals surface area (Å²) >= 11 is 0. The summed E-state index contributed by atoms with van der Waals surface area (Å²) in [6.07, 6.45) is 1.93. The Morgan fingerprint density at radius 1 is 1.26 bits per heavy atom. The van der Waals surface area contributed by atoms with E-state index < -0.39 is 32.4 Å². The lowest BCUT2D eigenvalue weighted by Gasteiger charge is -2.39. The Morgan fingerprint density at radius 3 is 2.52 bits per heavy atom. The van der Waals surface area contributed by atoms with Crippen molar-refractivity contribution in [3.63, 3.8) is 0 Å². The summed E-state index contributed by atoms with van der Waals surface area (Å²) < 4.78 is 66.2. The summed E-state index contributed by atoms with van der Waals surface area (Å²) in [5, 5.41) is 3.21. The lowest BCUT2D eigenvalue weighted by molar-refractivity contribution is 0.181. The third kappa shape index (κ3) is 4.37. The van der Waals surface area contributed by atoms with Gasteiger partial charge in [0.05, 0.1) is 0 Å². The second-order valence-corrected chi connectivity index (χ2v) is 7.86. The summed E-state index contributed by atoms with van der Waals surface area (Å²) in [4.78, 5) is -0.889. The third-order valence-electron chi connectivity index (χ3n) is 4.10. The lowest BCUT2D eigenvalue weighted by atomic mass is 9.78. The van der Waals surface area contributed by atoms with Gasteiger partial charge in [-0.1, -0.05) is 13.8 Å². The zero-order valence-corrected chi connectivity index (χ0v) is 14.5. The molecule has 0 saturated carbocycles. The van der Waals surface area contributed by atoms with Crippen LogP contribution < -0.4 is 10.0 Å². The highest BCUT2D eigenvalue weighted by Crippen LogP contribution is 2.30. The van der Waals surface area contributed by atoms with Crippen molar-refractivity contribution in [2.24, 2.45) is 5.41 Å². The van der Waals surface area contributed by atoms with Gasteiger partial charge in [-0.25, -0.2) is 26.3 Å². The van der Waals surface area contributed by atoms with Crippen LogP contribution in [-0.4, -0.2) is 27.5 Å². The van der Waals surface area contributed by atoms with Crippen molar-refractivity contribution in [2.45, 2.75) is 37.6 Å². The van der Waals surface area contributed by atoms with Crippen LogP contribution in [0.1, 0.15) is 26.7 Å². The molecule has 9 heteroatoms. The zero-order chi connectivity index (χ0) is 16.5. The molecule has 132 valence electrons. The molecule has 1 aromatic carbocycles. The number of rotatable bonds is 4. The quantitative estimate of drug-likeness (QED) is 0.799. The molecule has 0 aliphatic carbocycles. The molecule has 1 saturated heterocycles. The fourth-order valence-corrected chi connectivity index (χ4v) is 3.72. The normalized spacial score (nSPS) is 20.8. The minimum Gasteiger partial charge on any atom is -0.312 e. The Labute approximate surface area is 140 Å². The molecule has 2 N–H and O–H groups in total. The fraction of sp³-hybridized carbons (Fsp3) is 0.571. The molecule has 23 heavy (non-hydrogen) atoms. The minimum atomic E-state index is -4.25. The summed E-state index contributed by atoms with van der Waals surface area (Å²) in [7, 11) is -4.25. The predicted octanol–water partition coefficient (Wildman–Crippen LogP) is 2.58. The van der Waals surface area contributed by atoms with E-state index in [0.717, 1.165) is 25.5 Å². The van der Waals surface area contributed by atoms with E-state index in [4.69, 9.17) is 0 Å². The molecular weight excluding hydrogens is 353 g/mol. The van der Waals surface area contributed by atoms with Crippen molar-refractivity contribution in [1.29, 1.82) is 0 Å². The second-order valence-electron chi connectivity index (χ2n) is 6.12. The largest absolute Gasteiger partial charge is 0.312 e. The highest BCUT2D eigenvalue weighted by molar-refractivity contribution is 7.89. The molecule has 2 rings (SSSR count). The first-order chi connectivity index (χ1) is 10.1. The lowest BCUT2D eigenvalue weighted by Crippen LogP contribution is -2.52. The minimum absolute atomic E-state index is 0. The summed E-state index contributed by atoms with van der Waals surface area (Å²) in [5.41, 5.74) is -0.118. The number of nitrogens with one attached hydrogen (secondary N) is 2. The smallest absolute Gasteiger partial charge is 0.243 e. The summed E-state index contributed by atoms with van der Waals surface area (Å²) in [6.45, 7) is 4.84. The summed E-state index contributed by atoms with van der Waals surface area (Å²) in [5.74, 6) is -4.92. The van der Waals surface area contributed by atoms with Gasteiger partial charge in [-0.3, -0.25) is 0 Å². The molecule has 1 atom stereocenters. The van der Waals surface area contributed by atoms with E-state index in [1.54, 1.807) is 0 Å². The first kappa shape index (κ1) is 20.2. The SMILES string of the molecule is CC1(C)CCCNC1CNS(=O)(=O)c1ccc(F)c(F)c1F.Cl. The molecule has 1 heterocycles. The maximum absolute atomic E-state index is 13.6. The second kappa shape index (κ2) is 7.38. The van der Waals surface area contributed by atoms with Crippen LogP contribution in [0.5, 0.6) is 0 Å². The van der Waals surface area contributed by atoms with Crippen molar-refractivity contribution in [2.75, 3.05) is 13.1 Å². The molecule has 1 aliphatic heterocycles. The van der Waals surface area contributed by atoms with Crippen molar-refractivity contribution >= 4 is 22.4 Å². The fourth-order valence-electron chi connectivity index (χ4n) is 2.61. The van der Waals surface area contributed by atoms with E-state index in [-0.39, 0.29) is 30.4 Å². The van der Waals surface area contributed by atoms with Gasteiger partial charge in [-0.15, -0.1) is 12.4 Å². The van der Waals surface area contributed by atoms with E-state index in [9.17, 15) is 21.6 Å². The Kier molecular flexibility index (Phi) is 6.48. The predicted molar refractivity (Wildman–Crippen MR) is 83.6 cm³/mol. The average molecular weight is 373 g/mol. The molecule has 1 aliphatic rings. The van der Waals surface area contributed by atoms with Gasteiger partial charge in [0.15, 0.2) is 17.5 Å². The standard InChI is InChI=1S/C14H19F3N2O2S.ClH/c1-14(2)6-3-7-18-11(14)8-19-22(20,21)10-5-4-9(15)12(16)13(10)17;/h4-5,11,18-19H,3,6-8H2,1-2H3;1H. The first-order valence-corrected chi connectivity index (χ1v) is 8.50. The number of halogens is 4. The van der Waals surface area contributed by atoms with Gasteiger partial charge < -0.3 is 5.32 Å². The van der Waals surface area contributed by atoms with Crippen LogP contribution in [-0.2, 0) is 10.0 Å². The van der Waals surface area contributed by atoms with Gasteiger partial charge in [0.2, 0.25) is 10.0 Å². The molecule has 0 aromatic heterocycles. The molecule has 0 amide bonds. The molecule has 1 aromatic rings. The maximum Gasteiger partial charge on any atom is 0.243 e. The number of benzene rings is 1. The Bertz CT molecular complexity index is 668. The van der Waals surface area contributed by atoms with Gasteiger partial charge >= 0.3 is 0 Å². The van der Waals surface area contributed by atoms with E-state index in [1.165, 1.54) is 0 Å². The van der Waals surface area contributed by atoms with E-state index in [0.29, 0.717) is 6.07 Å². The molecule has 4 nitrogen and oxygen atoms in total. The zero-order valence-electron chi connectivity index (χ0n) is 12.8. The first-order valence-electron chi connectivity index (χ1n) is 7.02. The highest BCUT2D eigenvalue weighted by atomic mass is 35.5. The van der Waals surface area contributed by atoms with Crippen molar-refractivity contribution in [3.05, 3.63) is 29.6 Å². The van der Waals surface area contributed by atoms with E-state index >= 15 is 0 Å². The number of sulfonamides is 1. The highest BCUT2D eigenvalue weighted by Gasteiger charge is 2.33. The van der Waals surface area contributed by atoms with Gasteiger partial charge in [0.25, 0.3) is 0 Å². The molecular formula is C14H20ClF3N2O2S. The van der Waals surface area contributed by atoms with Crippen LogP contribution in [0.25, 0.3) is 0 Å². The molecule has 0 bridgehead atoms. The van der Waals surface area contributed by atoms with Crippen molar-refractivity contribution in [1.82, 2.24) is 10.0 Å². The number of hydrogen-bond donors (Lipinski definition) is 2. The number of piperidine rings is 1. The Morgan fingerprint density at radius 2 is 1.91 bits per heavy atom. The van der Waals surface area contributed by atoms with E-state index in [2.05, 4.69) is 10.0 Å². The van der Waals surface area contributed by atoms with Gasteiger partial charge in [0.1, 0.15) is 4.90 Å². The maximum atomic E-state index is 13.6. The third-order valence-corrected chi connectivity index (χ3v) is 5.54. The van der Waals surface area contributed by atoms with E-state index in [1.807, 2.05) is 13.8 Å².